The molecule has 216 valence electrons. The van der Waals surface area contributed by atoms with Gasteiger partial charge in [0.2, 0.25) is 0 Å². The van der Waals surface area contributed by atoms with Gasteiger partial charge >= 0.3 is 0 Å². The topological polar surface area (TPSA) is 98.6 Å². The molecule has 10 heteroatoms. The maximum atomic E-state index is 13.7. The minimum absolute atomic E-state index is 0.00581. The molecule has 6 heterocycles. The smallest absolute Gasteiger partial charge is 0.265 e. The molecule has 2 bridgehead atoms. The van der Waals surface area contributed by atoms with Gasteiger partial charge in [-0.3, -0.25) is 9.59 Å². The Kier molecular flexibility index (Phi) is 5.10. The fraction of sp³-hybridized carbons (Fsp3) is 0.273. The van der Waals surface area contributed by atoms with Crippen LogP contribution < -0.4 is 16.0 Å². The van der Waals surface area contributed by atoms with Gasteiger partial charge in [0, 0.05) is 53.3 Å². The minimum Gasteiger partial charge on any atom is -0.375 e. The van der Waals surface area contributed by atoms with Crippen LogP contribution in [0.1, 0.15) is 45.2 Å². The number of likely N-dealkylation sites (N-methyl/N-ethyl adjacent to an activating group) is 1. The first-order chi connectivity index (χ1) is 20.9. The minimum atomic E-state index is -0.843. The van der Waals surface area contributed by atoms with Crippen molar-refractivity contribution in [3.63, 3.8) is 0 Å². The normalized spacial score (nSPS) is 24.3. The first kappa shape index (κ1) is 25.3. The zero-order valence-corrected chi connectivity index (χ0v) is 24.7. The highest BCUT2D eigenvalue weighted by atomic mass is 32.1. The zero-order valence-electron chi connectivity index (χ0n) is 23.9. The lowest BCUT2D eigenvalue weighted by molar-refractivity contribution is -0.256. The van der Waals surface area contributed by atoms with E-state index in [9.17, 15) is 9.59 Å². The Hall–Kier alpha value is -4.22. The number of para-hydroxylation sites is 1. The van der Waals surface area contributed by atoms with E-state index in [4.69, 9.17) is 9.47 Å². The van der Waals surface area contributed by atoms with E-state index in [0.29, 0.717) is 29.1 Å². The van der Waals surface area contributed by atoms with Crippen LogP contribution in [0.3, 0.4) is 0 Å². The molecule has 3 aromatic carbocycles. The van der Waals surface area contributed by atoms with Crippen LogP contribution in [0.25, 0.3) is 43.6 Å². The first-order valence-corrected chi connectivity index (χ1v) is 15.4. The fourth-order valence-corrected chi connectivity index (χ4v) is 8.68. The van der Waals surface area contributed by atoms with Crippen molar-refractivity contribution in [1.29, 1.82) is 0 Å². The van der Waals surface area contributed by atoms with Crippen molar-refractivity contribution in [2.45, 2.75) is 44.0 Å². The average Bonchev–Trinajstić information content (AvgIpc) is 3.79. The Labute approximate surface area is 250 Å². The van der Waals surface area contributed by atoms with E-state index in [1.54, 1.807) is 7.11 Å². The number of carbonyl (C=O) groups excluding carboxylic acids is 2. The van der Waals surface area contributed by atoms with Gasteiger partial charge < -0.3 is 34.6 Å². The summed E-state index contributed by atoms with van der Waals surface area (Å²) in [6.07, 6.45) is 0.0731. The van der Waals surface area contributed by atoms with Crippen LogP contribution >= 0.6 is 11.3 Å². The molecule has 1 fully saturated rings. The van der Waals surface area contributed by atoms with Gasteiger partial charge in [0.25, 0.3) is 11.8 Å². The van der Waals surface area contributed by atoms with Crippen molar-refractivity contribution in [2.75, 3.05) is 19.5 Å². The summed E-state index contributed by atoms with van der Waals surface area (Å²) in [7, 11) is 3.72. The highest BCUT2D eigenvalue weighted by Gasteiger charge is 2.53. The number of fused-ring (bicyclic) bond motifs is 13. The molecular formula is C33H29N5O4S. The van der Waals surface area contributed by atoms with Crippen LogP contribution in [0.5, 0.6) is 0 Å². The summed E-state index contributed by atoms with van der Waals surface area (Å²) in [6.45, 7) is 2.57. The third kappa shape index (κ3) is 3.11. The number of carbonyl (C=O) groups is 2. The third-order valence-corrected chi connectivity index (χ3v) is 10.6. The van der Waals surface area contributed by atoms with Crippen molar-refractivity contribution in [3.05, 3.63) is 76.0 Å². The summed E-state index contributed by atoms with van der Waals surface area (Å²) >= 11 is 1.40. The van der Waals surface area contributed by atoms with Crippen molar-refractivity contribution < 1.29 is 19.1 Å². The molecule has 1 saturated heterocycles. The molecule has 0 spiro atoms. The monoisotopic (exact) mass is 591 g/mol. The van der Waals surface area contributed by atoms with Crippen molar-refractivity contribution in [2.24, 2.45) is 0 Å². The number of nitrogens with zero attached hydrogens (tertiary/aromatic N) is 2. The number of benzene rings is 3. The zero-order chi connectivity index (χ0) is 29.2. The standard InChI is InChI=1S/C33H29N5O4S/c1-33-30(41-3)20(34-2)14-24(42-33)37-21-11-10-16(36-31(39)23-9-6-12-43-23)13-18(21)26-27-19(15-35-32(27)40)25-17-7-4-5-8-22(17)38(33)29(25)28(26)37/h4-13,20,24,30,34H,14-15H2,1-3H3,(H,35,40)(H,36,39)/t20?,24-,30?,33+/m1/s1. The number of hydrogen-bond donors (Lipinski definition) is 3. The van der Waals surface area contributed by atoms with Crippen molar-refractivity contribution in [3.8, 4) is 0 Å². The first-order valence-electron chi connectivity index (χ1n) is 14.5. The second-order valence-electron chi connectivity index (χ2n) is 11.8. The maximum Gasteiger partial charge on any atom is 0.265 e. The van der Waals surface area contributed by atoms with E-state index < -0.39 is 5.72 Å². The third-order valence-electron chi connectivity index (χ3n) is 9.69. The highest BCUT2D eigenvalue weighted by Crippen LogP contribution is 2.53. The second-order valence-corrected chi connectivity index (χ2v) is 12.7. The number of anilines is 1. The van der Waals surface area contributed by atoms with E-state index in [0.717, 1.165) is 49.2 Å². The second kappa shape index (κ2) is 8.67. The molecule has 0 aliphatic carbocycles. The number of rotatable bonds is 4. The lowest BCUT2D eigenvalue weighted by Gasteiger charge is -2.48. The predicted molar refractivity (Wildman–Crippen MR) is 168 cm³/mol. The van der Waals surface area contributed by atoms with E-state index in [-0.39, 0.29) is 30.2 Å². The van der Waals surface area contributed by atoms with Crippen molar-refractivity contribution >= 4 is 72.5 Å². The molecule has 43 heavy (non-hydrogen) atoms. The molecule has 9 rings (SSSR count). The predicted octanol–water partition coefficient (Wildman–Crippen LogP) is 5.67. The summed E-state index contributed by atoms with van der Waals surface area (Å²) < 4.78 is 18.0. The lowest BCUT2D eigenvalue weighted by atomic mass is 9.93. The van der Waals surface area contributed by atoms with Crippen LogP contribution in [0.4, 0.5) is 5.69 Å². The summed E-state index contributed by atoms with van der Waals surface area (Å²) in [5.74, 6) is -0.235. The quantitative estimate of drug-likeness (QED) is 0.246. The summed E-state index contributed by atoms with van der Waals surface area (Å²) in [5.41, 5.74) is 5.53. The van der Waals surface area contributed by atoms with Crippen LogP contribution in [0.2, 0.25) is 0 Å². The maximum absolute atomic E-state index is 13.7. The fourth-order valence-electron chi connectivity index (χ4n) is 8.06. The Balaban J connectivity index is 1.45. The molecule has 3 aliphatic heterocycles. The van der Waals surface area contributed by atoms with Gasteiger partial charge in [-0.15, -0.1) is 11.3 Å². The molecular weight excluding hydrogens is 562 g/mol. The summed E-state index contributed by atoms with van der Waals surface area (Å²) in [6, 6.07) is 18.0. The van der Waals surface area contributed by atoms with E-state index >= 15 is 0 Å². The van der Waals surface area contributed by atoms with Crippen LogP contribution in [-0.2, 0) is 21.7 Å². The molecule has 4 atom stereocenters. The lowest BCUT2D eigenvalue weighted by Crippen LogP contribution is -2.59. The van der Waals surface area contributed by atoms with E-state index in [2.05, 4.69) is 50.2 Å². The molecule has 2 amide bonds. The number of amides is 2. The Morgan fingerprint density at radius 2 is 1.95 bits per heavy atom. The van der Waals surface area contributed by atoms with Gasteiger partial charge in [-0.25, -0.2) is 0 Å². The average molecular weight is 592 g/mol. The SMILES string of the molecule is CNC1C[C@H]2O[C@@](C)(C1OC)n1c3ccccc3c3c4c(c5c6cc(NC(=O)c7cccs7)ccc6n2c5c31)C(=O)NC4. The summed E-state index contributed by atoms with van der Waals surface area (Å²) in [4.78, 5) is 27.3. The number of nitrogens with one attached hydrogen (secondary N) is 3. The number of aromatic nitrogens is 2. The number of thiophene rings is 1. The van der Waals surface area contributed by atoms with Crippen LogP contribution in [0.15, 0.2) is 60.0 Å². The Morgan fingerprint density at radius 1 is 1.09 bits per heavy atom. The Bertz CT molecular complexity index is 2180. The Morgan fingerprint density at radius 3 is 2.74 bits per heavy atom. The van der Waals surface area contributed by atoms with E-state index in [1.165, 1.54) is 11.3 Å². The van der Waals surface area contributed by atoms with Crippen molar-refractivity contribution in [1.82, 2.24) is 19.8 Å². The molecule has 3 N–H and O–H groups in total. The molecule has 0 saturated carbocycles. The van der Waals surface area contributed by atoms with Gasteiger partial charge in [-0.1, -0.05) is 24.3 Å². The molecule has 2 unspecified atom stereocenters. The largest absolute Gasteiger partial charge is 0.375 e. The summed E-state index contributed by atoms with van der Waals surface area (Å²) in [5, 5.41) is 15.5. The number of methoxy groups -OCH3 is 1. The van der Waals surface area contributed by atoms with Gasteiger partial charge in [-0.05, 0) is 55.2 Å². The molecule has 3 aromatic heterocycles. The number of ether oxygens (including phenoxy) is 2. The van der Waals surface area contributed by atoms with Crippen LogP contribution in [0, 0.1) is 0 Å². The van der Waals surface area contributed by atoms with E-state index in [1.807, 2.05) is 48.8 Å². The molecule has 0 radical (unpaired) electrons. The molecule has 6 aromatic rings. The highest BCUT2D eigenvalue weighted by molar-refractivity contribution is 7.12. The van der Waals surface area contributed by atoms with Gasteiger partial charge in [0.05, 0.1) is 32.5 Å². The molecule has 3 aliphatic rings. The van der Waals surface area contributed by atoms with Gasteiger partial charge in [0.15, 0.2) is 5.72 Å². The number of hydrogen-bond acceptors (Lipinski definition) is 6. The molecule has 9 nitrogen and oxygen atoms in total. The van der Waals surface area contributed by atoms with Gasteiger partial charge in [0.1, 0.15) is 12.3 Å². The van der Waals surface area contributed by atoms with Crippen LogP contribution in [-0.4, -0.2) is 47.3 Å². The van der Waals surface area contributed by atoms with Gasteiger partial charge in [-0.2, -0.15) is 0 Å².